The highest BCUT2D eigenvalue weighted by molar-refractivity contribution is 9.10. The van der Waals surface area contributed by atoms with Crippen molar-refractivity contribution in [1.82, 2.24) is 15.2 Å². The van der Waals surface area contributed by atoms with Crippen molar-refractivity contribution in [3.05, 3.63) is 28.5 Å². The van der Waals surface area contributed by atoms with E-state index in [1.165, 1.54) is 17.3 Å². The number of amides is 2. The fourth-order valence-electron chi connectivity index (χ4n) is 1.63. The molecule has 1 aromatic rings. The Morgan fingerprint density at radius 2 is 2.05 bits per heavy atom. The number of aromatic nitrogens is 1. The second-order valence-corrected chi connectivity index (χ2v) is 5.25. The van der Waals surface area contributed by atoms with E-state index in [0.29, 0.717) is 17.6 Å². The molecule has 0 fully saturated rings. The first-order valence-electron chi connectivity index (χ1n) is 6.80. The molecule has 120 valence electrons. The molecule has 22 heavy (non-hydrogen) atoms. The van der Waals surface area contributed by atoms with Gasteiger partial charge >= 0.3 is 5.97 Å². The average Bonchev–Trinajstić information content (AvgIpc) is 2.50. The molecule has 0 saturated heterocycles. The summed E-state index contributed by atoms with van der Waals surface area (Å²) in [5.41, 5.74) is 0.244. The standard InChI is InChI=1S/C14H18BrN3O4/c1-3-17-12(19)8-18(4-2)13(20)9-22-14(21)10-5-11(15)7-16-6-10/h5-7H,3-4,8-9H2,1-2H3,(H,17,19). The maximum Gasteiger partial charge on any atom is 0.340 e. The number of ether oxygens (including phenoxy) is 1. The number of nitrogens with zero attached hydrogens (tertiary/aromatic N) is 2. The fourth-order valence-corrected chi connectivity index (χ4v) is 1.99. The topological polar surface area (TPSA) is 88.6 Å². The molecule has 1 heterocycles. The third kappa shape index (κ3) is 5.80. The summed E-state index contributed by atoms with van der Waals surface area (Å²) < 4.78 is 5.59. The Balaban J connectivity index is 2.53. The van der Waals surface area contributed by atoms with Gasteiger partial charge in [0.15, 0.2) is 6.61 Å². The molecule has 7 nitrogen and oxygen atoms in total. The number of halogens is 1. The van der Waals surface area contributed by atoms with Gasteiger partial charge in [-0.3, -0.25) is 14.6 Å². The molecule has 0 spiro atoms. The molecule has 0 aromatic carbocycles. The highest BCUT2D eigenvalue weighted by Crippen LogP contribution is 2.10. The molecule has 2 amide bonds. The van der Waals surface area contributed by atoms with Crippen molar-refractivity contribution in [3.8, 4) is 0 Å². The number of hydrogen-bond donors (Lipinski definition) is 1. The largest absolute Gasteiger partial charge is 0.452 e. The first kappa shape index (κ1) is 18.1. The van der Waals surface area contributed by atoms with Crippen LogP contribution >= 0.6 is 15.9 Å². The van der Waals surface area contributed by atoms with E-state index < -0.39 is 18.5 Å². The van der Waals surface area contributed by atoms with E-state index in [2.05, 4.69) is 26.2 Å². The Bertz CT molecular complexity index is 551. The van der Waals surface area contributed by atoms with E-state index in [0.717, 1.165) is 0 Å². The summed E-state index contributed by atoms with van der Waals surface area (Å²) in [5.74, 6) is -1.32. The van der Waals surface area contributed by atoms with E-state index in [9.17, 15) is 14.4 Å². The molecule has 1 aromatic heterocycles. The van der Waals surface area contributed by atoms with Gasteiger partial charge in [0.1, 0.15) is 0 Å². The first-order chi connectivity index (χ1) is 10.5. The molecule has 0 saturated carbocycles. The molecule has 0 radical (unpaired) electrons. The predicted molar refractivity (Wildman–Crippen MR) is 83.2 cm³/mol. The summed E-state index contributed by atoms with van der Waals surface area (Å²) in [5, 5.41) is 2.61. The molecular formula is C14H18BrN3O4. The number of rotatable bonds is 7. The van der Waals surface area contributed by atoms with Crippen LogP contribution < -0.4 is 5.32 Å². The van der Waals surface area contributed by atoms with Gasteiger partial charge in [0.25, 0.3) is 5.91 Å². The lowest BCUT2D eigenvalue weighted by Crippen LogP contribution is -2.42. The highest BCUT2D eigenvalue weighted by Gasteiger charge is 2.17. The highest BCUT2D eigenvalue weighted by atomic mass is 79.9. The zero-order valence-electron chi connectivity index (χ0n) is 12.5. The molecule has 0 unspecified atom stereocenters. The molecule has 1 N–H and O–H groups in total. The predicted octanol–water partition coefficient (Wildman–Crippen LogP) is 0.986. The number of esters is 1. The van der Waals surface area contributed by atoms with Gasteiger partial charge in [-0.1, -0.05) is 0 Å². The molecule has 0 atom stereocenters. The van der Waals surface area contributed by atoms with E-state index in [4.69, 9.17) is 4.74 Å². The van der Waals surface area contributed by atoms with Crippen LogP contribution in [0.15, 0.2) is 22.9 Å². The maximum atomic E-state index is 12.0. The van der Waals surface area contributed by atoms with E-state index in [1.54, 1.807) is 19.9 Å². The first-order valence-corrected chi connectivity index (χ1v) is 7.59. The van der Waals surface area contributed by atoms with Crippen LogP contribution in [0.25, 0.3) is 0 Å². The Hall–Kier alpha value is -1.96. The van der Waals surface area contributed by atoms with Crippen LogP contribution in [-0.2, 0) is 14.3 Å². The smallest absolute Gasteiger partial charge is 0.340 e. The molecule has 0 aliphatic carbocycles. The van der Waals surface area contributed by atoms with Gasteiger partial charge in [-0.05, 0) is 35.8 Å². The lowest BCUT2D eigenvalue weighted by Gasteiger charge is -2.19. The van der Waals surface area contributed by atoms with Crippen LogP contribution in [0.2, 0.25) is 0 Å². The number of nitrogens with one attached hydrogen (secondary N) is 1. The summed E-state index contributed by atoms with van der Waals surface area (Å²) in [6.07, 6.45) is 2.89. The SMILES string of the molecule is CCNC(=O)CN(CC)C(=O)COC(=O)c1cncc(Br)c1. The summed E-state index contributed by atoms with van der Waals surface area (Å²) in [6, 6.07) is 1.55. The van der Waals surface area contributed by atoms with Crippen molar-refractivity contribution in [3.63, 3.8) is 0 Å². The van der Waals surface area contributed by atoms with Gasteiger partial charge in [0.05, 0.1) is 12.1 Å². The van der Waals surface area contributed by atoms with Gasteiger partial charge in [0, 0.05) is 30.0 Å². The van der Waals surface area contributed by atoms with Crippen molar-refractivity contribution in [2.45, 2.75) is 13.8 Å². The van der Waals surface area contributed by atoms with Crippen LogP contribution in [0.5, 0.6) is 0 Å². The Labute approximate surface area is 137 Å². The minimum atomic E-state index is -0.642. The number of likely N-dealkylation sites (N-methyl/N-ethyl adjacent to an activating group) is 2. The van der Waals surface area contributed by atoms with Crippen molar-refractivity contribution < 1.29 is 19.1 Å². The van der Waals surface area contributed by atoms with Crippen molar-refractivity contribution in [1.29, 1.82) is 0 Å². The quantitative estimate of drug-likeness (QED) is 0.721. The summed E-state index contributed by atoms with van der Waals surface area (Å²) in [6.45, 7) is 3.92. The molecule has 0 aliphatic heterocycles. The van der Waals surface area contributed by atoms with Crippen LogP contribution in [0.4, 0.5) is 0 Å². The summed E-state index contributed by atoms with van der Waals surface area (Å²) in [4.78, 5) is 40.4. The van der Waals surface area contributed by atoms with Crippen molar-refractivity contribution >= 4 is 33.7 Å². The van der Waals surface area contributed by atoms with E-state index in [1.807, 2.05) is 0 Å². The van der Waals surface area contributed by atoms with Gasteiger partial charge in [-0.25, -0.2) is 4.79 Å². The number of hydrogen-bond acceptors (Lipinski definition) is 5. The molecule has 1 rings (SSSR count). The van der Waals surface area contributed by atoms with Crippen LogP contribution in [0.3, 0.4) is 0 Å². The second-order valence-electron chi connectivity index (χ2n) is 4.33. The van der Waals surface area contributed by atoms with Crippen LogP contribution in [0.1, 0.15) is 24.2 Å². The fraction of sp³-hybridized carbons (Fsp3) is 0.429. The Morgan fingerprint density at radius 3 is 2.64 bits per heavy atom. The van der Waals surface area contributed by atoms with Crippen LogP contribution in [0, 0.1) is 0 Å². The molecular weight excluding hydrogens is 354 g/mol. The van der Waals surface area contributed by atoms with Gasteiger partial charge in [0.2, 0.25) is 5.91 Å². The van der Waals surface area contributed by atoms with Gasteiger partial charge in [-0.15, -0.1) is 0 Å². The van der Waals surface area contributed by atoms with Crippen molar-refractivity contribution in [2.24, 2.45) is 0 Å². The third-order valence-electron chi connectivity index (χ3n) is 2.71. The zero-order valence-corrected chi connectivity index (χ0v) is 14.1. The third-order valence-corrected chi connectivity index (χ3v) is 3.14. The Kier molecular flexibility index (Phi) is 7.51. The summed E-state index contributed by atoms with van der Waals surface area (Å²) >= 11 is 3.20. The van der Waals surface area contributed by atoms with E-state index in [-0.39, 0.29) is 18.0 Å². The number of carbonyl (C=O) groups excluding carboxylic acids is 3. The van der Waals surface area contributed by atoms with E-state index >= 15 is 0 Å². The molecule has 0 aliphatic rings. The zero-order chi connectivity index (χ0) is 16.5. The van der Waals surface area contributed by atoms with Crippen LogP contribution in [-0.4, -0.2) is 53.9 Å². The minimum Gasteiger partial charge on any atom is -0.452 e. The molecule has 8 heteroatoms. The Morgan fingerprint density at radius 1 is 1.32 bits per heavy atom. The number of pyridine rings is 1. The average molecular weight is 372 g/mol. The maximum absolute atomic E-state index is 12.0. The lowest BCUT2D eigenvalue weighted by atomic mass is 10.3. The van der Waals surface area contributed by atoms with Crippen molar-refractivity contribution in [2.75, 3.05) is 26.2 Å². The lowest BCUT2D eigenvalue weighted by molar-refractivity contribution is -0.138. The van der Waals surface area contributed by atoms with Gasteiger partial charge < -0.3 is 15.0 Å². The normalized spacial score (nSPS) is 9.95. The summed E-state index contributed by atoms with van der Waals surface area (Å²) in [7, 11) is 0. The second kappa shape index (κ2) is 9.14. The minimum absolute atomic E-state index is 0.0564. The number of carbonyl (C=O) groups is 3. The monoisotopic (exact) mass is 371 g/mol. The molecule has 0 bridgehead atoms. The van der Waals surface area contributed by atoms with Gasteiger partial charge in [-0.2, -0.15) is 0 Å².